The molecule has 0 atom stereocenters. The van der Waals surface area contributed by atoms with E-state index >= 15 is 0 Å². The number of amides is 2. The third-order valence-corrected chi connectivity index (χ3v) is 2.25. The highest BCUT2D eigenvalue weighted by atomic mass is 16.2. The standard InChI is InChI=1S/C7H11N3O2/c11-6-3-10(4-7(12)9-6)5-1-8-2-5/h5,8H,1-4H2,(H,9,11,12). The third kappa shape index (κ3) is 1.33. The second-order valence-electron chi connectivity index (χ2n) is 3.19. The summed E-state index contributed by atoms with van der Waals surface area (Å²) in [4.78, 5) is 23.8. The largest absolute Gasteiger partial charge is 0.314 e. The molecule has 0 bridgehead atoms. The number of nitrogens with one attached hydrogen (secondary N) is 2. The van der Waals surface area contributed by atoms with Gasteiger partial charge in [-0.15, -0.1) is 0 Å². The highest BCUT2D eigenvalue weighted by Gasteiger charge is 2.31. The quantitative estimate of drug-likeness (QED) is 0.442. The molecule has 0 aromatic carbocycles. The molecule has 0 unspecified atom stereocenters. The lowest BCUT2D eigenvalue weighted by Gasteiger charge is -2.38. The zero-order chi connectivity index (χ0) is 8.55. The van der Waals surface area contributed by atoms with Gasteiger partial charge in [0, 0.05) is 19.1 Å². The van der Waals surface area contributed by atoms with Crippen LogP contribution in [0.3, 0.4) is 0 Å². The van der Waals surface area contributed by atoms with E-state index in [1.807, 2.05) is 4.90 Å². The van der Waals surface area contributed by atoms with Crippen LogP contribution in [0.1, 0.15) is 0 Å². The van der Waals surface area contributed by atoms with Gasteiger partial charge < -0.3 is 5.32 Å². The molecule has 66 valence electrons. The van der Waals surface area contributed by atoms with Crippen molar-refractivity contribution in [1.82, 2.24) is 15.5 Å². The van der Waals surface area contributed by atoms with Gasteiger partial charge in [0.25, 0.3) is 0 Å². The Bertz CT molecular complexity index is 209. The summed E-state index contributed by atoms with van der Waals surface area (Å²) in [6.45, 7) is 2.50. The van der Waals surface area contributed by atoms with Gasteiger partial charge in [-0.3, -0.25) is 19.8 Å². The molecule has 0 aliphatic carbocycles. The Morgan fingerprint density at radius 3 is 2.17 bits per heavy atom. The summed E-state index contributed by atoms with van der Waals surface area (Å²) >= 11 is 0. The van der Waals surface area contributed by atoms with Gasteiger partial charge in [-0.2, -0.15) is 0 Å². The van der Waals surface area contributed by atoms with Crippen molar-refractivity contribution in [3.8, 4) is 0 Å². The second-order valence-corrected chi connectivity index (χ2v) is 3.19. The number of hydrogen-bond donors (Lipinski definition) is 2. The number of carbonyl (C=O) groups is 2. The molecule has 2 N–H and O–H groups in total. The molecular formula is C7H11N3O2. The van der Waals surface area contributed by atoms with Gasteiger partial charge in [0.2, 0.25) is 11.8 Å². The van der Waals surface area contributed by atoms with Crippen molar-refractivity contribution in [3.05, 3.63) is 0 Å². The van der Waals surface area contributed by atoms with Crippen LogP contribution in [0.25, 0.3) is 0 Å². The van der Waals surface area contributed by atoms with Crippen LogP contribution in [-0.2, 0) is 9.59 Å². The molecule has 2 rings (SSSR count). The number of piperazine rings is 1. The van der Waals surface area contributed by atoms with Crippen molar-refractivity contribution in [1.29, 1.82) is 0 Å². The van der Waals surface area contributed by atoms with Crippen molar-refractivity contribution in [2.45, 2.75) is 6.04 Å². The van der Waals surface area contributed by atoms with E-state index in [-0.39, 0.29) is 11.8 Å². The summed E-state index contributed by atoms with van der Waals surface area (Å²) in [5.74, 6) is -0.365. The van der Waals surface area contributed by atoms with Gasteiger partial charge in [0.1, 0.15) is 0 Å². The van der Waals surface area contributed by atoms with Gasteiger partial charge in [0.05, 0.1) is 13.1 Å². The van der Waals surface area contributed by atoms with E-state index in [9.17, 15) is 9.59 Å². The Morgan fingerprint density at radius 1 is 1.17 bits per heavy atom. The van der Waals surface area contributed by atoms with Gasteiger partial charge in [0.15, 0.2) is 0 Å². The van der Waals surface area contributed by atoms with Crippen LogP contribution in [0.2, 0.25) is 0 Å². The fourth-order valence-electron chi connectivity index (χ4n) is 1.45. The Kier molecular flexibility index (Phi) is 1.82. The van der Waals surface area contributed by atoms with Crippen LogP contribution >= 0.6 is 0 Å². The molecule has 2 heterocycles. The molecule has 2 saturated heterocycles. The monoisotopic (exact) mass is 169 g/mol. The highest BCUT2D eigenvalue weighted by Crippen LogP contribution is 2.06. The summed E-state index contributed by atoms with van der Waals surface area (Å²) in [5.41, 5.74) is 0. The summed E-state index contributed by atoms with van der Waals surface area (Å²) in [5, 5.41) is 5.38. The minimum absolute atomic E-state index is 0.182. The fourth-order valence-corrected chi connectivity index (χ4v) is 1.45. The summed E-state index contributed by atoms with van der Waals surface area (Å²) in [7, 11) is 0. The number of rotatable bonds is 1. The summed E-state index contributed by atoms with van der Waals surface area (Å²) in [6, 6.07) is 0.375. The van der Waals surface area contributed by atoms with E-state index in [4.69, 9.17) is 0 Å². The SMILES string of the molecule is O=C1CN(C2CNC2)CC(=O)N1. The lowest BCUT2D eigenvalue weighted by Crippen LogP contribution is -2.63. The molecule has 5 nitrogen and oxygen atoms in total. The third-order valence-electron chi connectivity index (χ3n) is 2.25. The normalized spacial score (nSPS) is 26.7. The molecule has 2 aliphatic rings. The van der Waals surface area contributed by atoms with Gasteiger partial charge in [-0.05, 0) is 0 Å². The first-order chi connectivity index (χ1) is 5.75. The van der Waals surface area contributed by atoms with Crippen molar-refractivity contribution >= 4 is 11.8 Å². The maximum absolute atomic E-state index is 10.9. The fraction of sp³-hybridized carbons (Fsp3) is 0.714. The topological polar surface area (TPSA) is 61.4 Å². The van der Waals surface area contributed by atoms with Crippen LogP contribution in [0.5, 0.6) is 0 Å². The lowest BCUT2D eigenvalue weighted by molar-refractivity contribution is -0.137. The minimum Gasteiger partial charge on any atom is -0.314 e. The molecule has 2 amide bonds. The predicted octanol–water partition coefficient (Wildman–Crippen LogP) is -2.08. The molecule has 2 fully saturated rings. The first kappa shape index (κ1) is 7.70. The van der Waals surface area contributed by atoms with Crippen molar-refractivity contribution < 1.29 is 9.59 Å². The maximum Gasteiger partial charge on any atom is 0.240 e. The average molecular weight is 169 g/mol. The molecule has 0 aromatic rings. The van der Waals surface area contributed by atoms with E-state index < -0.39 is 0 Å². The van der Waals surface area contributed by atoms with Crippen molar-refractivity contribution in [2.24, 2.45) is 0 Å². The summed E-state index contributed by atoms with van der Waals surface area (Å²) < 4.78 is 0. The molecule has 12 heavy (non-hydrogen) atoms. The van der Waals surface area contributed by atoms with Crippen molar-refractivity contribution in [3.63, 3.8) is 0 Å². The maximum atomic E-state index is 10.9. The van der Waals surface area contributed by atoms with Gasteiger partial charge >= 0.3 is 0 Å². The molecule has 0 spiro atoms. The number of nitrogens with zero attached hydrogens (tertiary/aromatic N) is 1. The van der Waals surface area contributed by atoms with Gasteiger partial charge in [-0.1, -0.05) is 0 Å². The molecule has 0 radical (unpaired) electrons. The summed E-state index contributed by atoms with van der Waals surface area (Å²) in [6.07, 6.45) is 0. The number of imide groups is 1. The molecular weight excluding hydrogens is 158 g/mol. The highest BCUT2D eigenvalue weighted by molar-refractivity contribution is 5.99. The lowest BCUT2D eigenvalue weighted by atomic mass is 10.1. The number of carbonyl (C=O) groups excluding carboxylic acids is 2. The zero-order valence-electron chi connectivity index (χ0n) is 6.67. The Labute approximate surface area is 70.1 Å². The second kappa shape index (κ2) is 2.84. The van der Waals surface area contributed by atoms with Crippen LogP contribution in [-0.4, -0.2) is 48.9 Å². The predicted molar refractivity (Wildman–Crippen MR) is 41.4 cm³/mol. The molecule has 2 aliphatic heterocycles. The zero-order valence-corrected chi connectivity index (χ0v) is 6.67. The Hall–Kier alpha value is -0.940. The molecule has 0 saturated carbocycles. The number of hydrogen-bond acceptors (Lipinski definition) is 4. The first-order valence-electron chi connectivity index (χ1n) is 4.03. The van der Waals surface area contributed by atoms with Crippen LogP contribution < -0.4 is 10.6 Å². The van der Waals surface area contributed by atoms with E-state index in [1.54, 1.807) is 0 Å². The van der Waals surface area contributed by atoms with E-state index in [0.29, 0.717) is 19.1 Å². The Balaban J connectivity index is 1.96. The van der Waals surface area contributed by atoms with Crippen molar-refractivity contribution in [2.75, 3.05) is 26.2 Å². The van der Waals surface area contributed by atoms with E-state index in [0.717, 1.165) is 13.1 Å². The molecule has 5 heteroatoms. The van der Waals surface area contributed by atoms with E-state index in [1.165, 1.54) is 0 Å². The van der Waals surface area contributed by atoms with Gasteiger partial charge in [-0.25, -0.2) is 0 Å². The Morgan fingerprint density at radius 2 is 1.75 bits per heavy atom. The van der Waals surface area contributed by atoms with Crippen LogP contribution in [0.4, 0.5) is 0 Å². The minimum atomic E-state index is -0.182. The van der Waals surface area contributed by atoms with E-state index in [2.05, 4.69) is 10.6 Å². The van der Waals surface area contributed by atoms with Crippen LogP contribution in [0, 0.1) is 0 Å². The van der Waals surface area contributed by atoms with Crippen LogP contribution in [0.15, 0.2) is 0 Å². The molecule has 0 aromatic heterocycles. The first-order valence-corrected chi connectivity index (χ1v) is 4.03. The smallest absolute Gasteiger partial charge is 0.240 e. The average Bonchev–Trinajstić information content (AvgIpc) is 1.79.